The summed E-state index contributed by atoms with van der Waals surface area (Å²) < 4.78 is 31.5. The van der Waals surface area contributed by atoms with Crippen LogP contribution in [0, 0.1) is 13.8 Å². The second-order valence-electron chi connectivity index (χ2n) is 7.27. The molecule has 0 saturated carbocycles. The van der Waals surface area contributed by atoms with Gasteiger partial charge in [0, 0.05) is 0 Å². The molecule has 2 aromatic carbocycles. The van der Waals surface area contributed by atoms with Crippen molar-refractivity contribution in [3.63, 3.8) is 0 Å². The molecule has 0 unspecified atom stereocenters. The minimum Gasteiger partial charge on any atom is -0.497 e. The van der Waals surface area contributed by atoms with Crippen LogP contribution in [0.3, 0.4) is 0 Å². The van der Waals surface area contributed by atoms with Gasteiger partial charge in [-0.05, 0) is 62.1 Å². The zero-order valence-electron chi connectivity index (χ0n) is 17.9. The quantitative estimate of drug-likeness (QED) is 0.709. The number of sulfonamides is 1. The van der Waals surface area contributed by atoms with E-state index in [0.29, 0.717) is 12.1 Å². The Morgan fingerprint density at radius 2 is 1.76 bits per heavy atom. The number of rotatable bonds is 8. The minimum atomic E-state index is -3.66. The Balaban J connectivity index is 2.31. The Bertz CT molecular complexity index is 955. The number of aryl methyl sites for hydroxylation is 2. The largest absolute Gasteiger partial charge is 0.497 e. The van der Waals surface area contributed by atoms with E-state index in [0.717, 1.165) is 28.7 Å². The fraction of sp³-hybridized carbons (Fsp3) is 0.409. The highest BCUT2D eigenvalue weighted by atomic mass is 32.2. The van der Waals surface area contributed by atoms with Crippen LogP contribution in [0.5, 0.6) is 5.75 Å². The van der Waals surface area contributed by atoms with Gasteiger partial charge in [-0.1, -0.05) is 31.2 Å². The molecule has 0 aromatic heterocycles. The summed E-state index contributed by atoms with van der Waals surface area (Å²) in [7, 11) is -2.06. The van der Waals surface area contributed by atoms with Gasteiger partial charge in [0.2, 0.25) is 15.9 Å². The van der Waals surface area contributed by atoms with Crippen LogP contribution in [-0.4, -0.2) is 33.7 Å². The number of carbonyl (C=O) groups is 1. The minimum absolute atomic E-state index is 0.226. The number of methoxy groups -OCH3 is 1. The van der Waals surface area contributed by atoms with Crippen molar-refractivity contribution in [1.29, 1.82) is 0 Å². The fourth-order valence-corrected chi connectivity index (χ4v) is 4.51. The molecule has 0 spiro atoms. The van der Waals surface area contributed by atoms with Crippen LogP contribution in [0.4, 0.5) is 5.69 Å². The van der Waals surface area contributed by atoms with E-state index in [4.69, 9.17) is 4.74 Å². The molecule has 158 valence electrons. The van der Waals surface area contributed by atoms with Crippen LogP contribution in [-0.2, 0) is 14.8 Å². The summed E-state index contributed by atoms with van der Waals surface area (Å²) in [6.45, 7) is 7.31. The SMILES string of the molecule is CC[C@@H](NC(=O)[C@H](C)N(c1cc(C)ccc1C)S(C)(=O)=O)c1ccc(OC)cc1. The first-order valence-electron chi connectivity index (χ1n) is 9.59. The lowest BCUT2D eigenvalue weighted by Crippen LogP contribution is -2.48. The van der Waals surface area contributed by atoms with Gasteiger partial charge in [0.15, 0.2) is 0 Å². The summed E-state index contributed by atoms with van der Waals surface area (Å²) >= 11 is 0. The van der Waals surface area contributed by atoms with E-state index in [9.17, 15) is 13.2 Å². The lowest BCUT2D eigenvalue weighted by molar-refractivity contribution is -0.122. The van der Waals surface area contributed by atoms with Gasteiger partial charge in [-0.2, -0.15) is 0 Å². The molecule has 0 heterocycles. The molecule has 0 aliphatic rings. The van der Waals surface area contributed by atoms with Crippen molar-refractivity contribution in [3.8, 4) is 5.75 Å². The zero-order chi connectivity index (χ0) is 21.8. The van der Waals surface area contributed by atoms with Gasteiger partial charge in [0.25, 0.3) is 0 Å². The highest BCUT2D eigenvalue weighted by Crippen LogP contribution is 2.27. The molecule has 6 nitrogen and oxygen atoms in total. The topological polar surface area (TPSA) is 75.7 Å². The van der Waals surface area contributed by atoms with Gasteiger partial charge in [-0.15, -0.1) is 0 Å². The number of ether oxygens (including phenoxy) is 1. The van der Waals surface area contributed by atoms with E-state index >= 15 is 0 Å². The van der Waals surface area contributed by atoms with Crippen LogP contribution < -0.4 is 14.4 Å². The summed E-state index contributed by atoms with van der Waals surface area (Å²) in [5.41, 5.74) is 3.18. The van der Waals surface area contributed by atoms with Gasteiger partial charge in [-0.25, -0.2) is 8.42 Å². The van der Waals surface area contributed by atoms with Crippen LogP contribution >= 0.6 is 0 Å². The normalized spacial score (nSPS) is 13.4. The third-order valence-electron chi connectivity index (χ3n) is 4.93. The molecule has 0 saturated heterocycles. The lowest BCUT2D eigenvalue weighted by Gasteiger charge is -2.31. The van der Waals surface area contributed by atoms with E-state index in [-0.39, 0.29) is 11.9 Å². The smallest absolute Gasteiger partial charge is 0.244 e. The molecule has 0 aliphatic heterocycles. The van der Waals surface area contributed by atoms with Crippen molar-refractivity contribution < 1.29 is 17.9 Å². The molecular formula is C22H30N2O4S. The van der Waals surface area contributed by atoms with E-state index in [2.05, 4.69) is 5.32 Å². The van der Waals surface area contributed by atoms with Gasteiger partial charge in [-0.3, -0.25) is 9.10 Å². The van der Waals surface area contributed by atoms with Crippen LogP contribution in [0.1, 0.15) is 43.0 Å². The van der Waals surface area contributed by atoms with E-state index < -0.39 is 16.1 Å². The molecule has 1 amide bonds. The predicted molar refractivity (Wildman–Crippen MR) is 117 cm³/mol. The summed E-state index contributed by atoms with van der Waals surface area (Å²) in [5.74, 6) is 0.389. The first kappa shape index (κ1) is 22.7. The number of benzene rings is 2. The van der Waals surface area contributed by atoms with E-state index in [1.165, 1.54) is 4.31 Å². The van der Waals surface area contributed by atoms with Crippen molar-refractivity contribution in [2.45, 2.75) is 46.2 Å². The van der Waals surface area contributed by atoms with Crippen molar-refractivity contribution in [2.24, 2.45) is 0 Å². The molecule has 2 atom stereocenters. The second kappa shape index (κ2) is 9.31. The lowest BCUT2D eigenvalue weighted by atomic mass is 10.0. The van der Waals surface area contributed by atoms with Crippen LogP contribution in [0.25, 0.3) is 0 Å². The van der Waals surface area contributed by atoms with E-state index in [1.807, 2.05) is 57.2 Å². The maximum atomic E-state index is 13.0. The predicted octanol–water partition coefficient (Wildman–Crippen LogP) is 3.73. The zero-order valence-corrected chi connectivity index (χ0v) is 18.7. The molecule has 0 aliphatic carbocycles. The Hall–Kier alpha value is -2.54. The molecule has 0 fully saturated rings. The number of anilines is 1. The van der Waals surface area contributed by atoms with Crippen LogP contribution in [0.2, 0.25) is 0 Å². The van der Waals surface area contributed by atoms with Crippen molar-refractivity contribution in [2.75, 3.05) is 17.7 Å². The number of nitrogens with zero attached hydrogens (tertiary/aromatic N) is 1. The standard InChI is InChI=1S/C22H30N2O4S/c1-7-20(18-10-12-19(28-5)13-11-18)23-22(25)17(4)24(29(6,26)27)21-14-15(2)8-9-16(21)3/h8-14,17,20H,7H2,1-6H3,(H,23,25)/t17-,20+/m0/s1. The third kappa shape index (κ3) is 5.50. The summed E-state index contributed by atoms with van der Waals surface area (Å²) in [5, 5.41) is 2.99. The van der Waals surface area contributed by atoms with Crippen molar-refractivity contribution in [1.82, 2.24) is 5.32 Å². The number of hydrogen-bond donors (Lipinski definition) is 1. The Morgan fingerprint density at radius 1 is 1.14 bits per heavy atom. The number of amides is 1. The molecule has 2 aromatic rings. The summed E-state index contributed by atoms with van der Waals surface area (Å²) in [6, 6.07) is 11.9. The van der Waals surface area contributed by atoms with Crippen molar-refractivity contribution in [3.05, 3.63) is 59.2 Å². The molecule has 2 rings (SSSR count). The maximum Gasteiger partial charge on any atom is 0.244 e. The Labute approximate surface area is 173 Å². The van der Waals surface area contributed by atoms with E-state index in [1.54, 1.807) is 20.1 Å². The summed E-state index contributed by atoms with van der Waals surface area (Å²) in [6.07, 6.45) is 1.80. The van der Waals surface area contributed by atoms with Crippen molar-refractivity contribution >= 4 is 21.6 Å². The molecule has 7 heteroatoms. The molecule has 1 N–H and O–H groups in total. The second-order valence-corrected chi connectivity index (χ2v) is 9.13. The monoisotopic (exact) mass is 418 g/mol. The van der Waals surface area contributed by atoms with Crippen LogP contribution in [0.15, 0.2) is 42.5 Å². The average molecular weight is 419 g/mol. The molecular weight excluding hydrogens is 388 g/mol. The Kier molecular flexibility index (Phi) is 7.30. The molecule has 29 heavy (non-hydrogen) atoms. The number of hydrogen-bond acceptors (Lipinski definition) is 4. The number of nitrogens with one attached hydrogen (secondary N) is 1. The van der Waals surface area contributed by atoms with Gasteiger partial charge in [0.05, 0.1) is 25.1 Å². The maximum absolute atomic E-state index is 13.0. The molecule has 0 radical (unpaired) electrons. The fourth-order valence-electron chi connectivity index (χ4n) is 3.29. The third-order valence-corrected chi connectivity index (χ3v) is 6.16. The van der Waals surface area contributed by atoms with Gasteiger partial charge < -0.3 is 10.1 Å². The number of carbonyl (C=O) groups excluding carboxylic acids is 1. The van der Waals surface area contributed by atoms with Gasteiger partial charge >= 0.3 is 0 Å². The highest BCUT2D eigenvalue weighted by molar-refractivity contribution is 7.92. The van der Waals surface area contributed by atoms with Gasteiger partial charge in [0.1, 0.15) is 11.8 Å². The first-order chi connectivity index (χ1) is 13.6. The molecule has 0 bridgehead atoms. The summed E-state index contributed by atoms with van der Waals surface area (Å²) in [4.78, 5) is 13.0. The average Bonchev–Trinajstić information content (AvgIpc) is 2.67. The first-order valence-corrected chi connectivity index (χ1v) is 11.4. The Morgan fingerprint density at radius 3 is 2.28 bits per heavy atom. The highest BCUT2D eigenvalue weighted by Gasteiger charge is 2.31.